The Balaban J connectivity index is 2.15. The quantitative estimate of drug-likeness (QED) is 0.775. The first-order valence-corrected chi connectivity index (χ1v) is 6.00. The summed E-state index contributed by atoms with van der Waals surface area (Å²) in [5.74, 6) is 0. The molecule has 16 heavy (non-hydrogen) atoms. The monoisotopic (exact) mass is 219 g/mol. The molecule has 1 aliphatic rings. The number of piperazine rings is 1. The van der Waals surface area contributed by atoms with Gasteiger partial charge in [0, 0.05) is 45.1 Å². The standard InChI is InChI=1S/C13H21N3/c1-3-5-13(12-6-4-9-15(12)2)16-10-7-14-8-11-16/h3-4,6,9,13-14H,1,5,7-8,10-11H2,2H3/t13-/m0/s1. The first-order chi connectivity index (χ1) is 7.83. The van der Waals surface area contributed by atoms with E-state index in [2.05, 4.69) is 46.7 Å². The van der Waals surface area contributed by atoms with E-state index in [1.165, 1.54) is 5.69 Å². The molecule has 0 radical (unpaired) electrons. The van der Waals surface area contributed by atoms with Crippen molar-refractivity contribution in [2.75, 3.05) is 26.2 Å². The summed E-state index contributed by atoms with van der Waals surface area (Å²) >= 11 is 0. The molecule has 1 saturated heterocycles. The van der Waals surface area contributed by atoms with Crippen molar-refractivity contribution in [2.45, 2.75) is 12.5 Å². The van der Waals surface area contributed by atoms with Gasteiger partial charge >= 0.3 is 0 Å². The third kappa shape index (κ3) is 2.36. The Morgan fingerprint density at radius 3 is 2.81 bits per heavy atom. The summed E-state index contributed by atoms with van der Waals surface area (Å²) in [6.07, 6.45) is 5.17. The molecule has 1 aliphatic heterocycles. The summed E-state index contributed by atoms with van der Waals surface area (Å²) in [5, 5.41) is 3.40. The Morgan fingerprint density at radius 2 is 2.25 bits per heavy atom. The van der Waals surface area contributed by atoms with Crippen LogP contribution in [0.15, 0.2) is 31.0 Å². The highest BCUT2D eigenvalue weighted by molar-refractivity contribution is 5.13. The summed E-state index contributed by atoms with van der Waals surface area (Å²) in [7, 11) is 2.12. The topological polar surface area (TPSA) is 20.2 Å². The van der Waals surface area contributed by atoms with Gasteiger partial charge in [0.2, 0.25) is 0 Å². The molecule has 1 fully saturated rings. The maximum absolute atomic E-state index is 3.88. The van der Waals surface area contributed by atoms with Crippen LogP contribution in [-0.4, -0.2) is 35.6 Å². The van der Waals surface area contributed by atoms with Crippen molar-refractivity contribution >= 4 is 0 Å². The minimum absolute atomic E-state index is 0.486. The minimum Gasteiger partial charge on any atom is -0.353 e. The SMILES string of the molecule is C=CC[C@@H](c1cccn1C)N1CCNCC1. The van der Waals surface area contributed by atoms with Gasteiger partial charge in [0.05, 0.1) is 6.04 Å². The summed E-state index contributed by atoms with van der Waals surface area (Å²) < 4.78 is 2.22. The molecule has 1 aromatic heterocycles. The third-order valence-electron chi connectivity index (χ3n) is 3.31. The predicted octanol–water partition coefficient (Wildman–Crippen LogP) is 1.55. The van der Waals surface area contributed by atoms with Crippen molar-refractivity contribution < 1.29 is 0 Å². The van der Waals surface area contributed by atoms with E-state index in [0.717, 1.165) is 32.6 Å². The summed E-state index contributed by atoms with van der Waals surface area (Å²) in [6.45, 7) is 8.33. The first kappa shape index (κ1) is 11.4. The maximum atomic E-state index is 3.88. The minimum atomic E-state index is 0.486. The third-order valence-corrected chi connectivity index (χ3v) is 3.31. The Bertz CT molecular complexity index is 337. The molecule has 0 saturated carbocycles. The molecule has 0 bridgehead atoms. The van der Waals surface area contributed by atoms with E-state index in [4.69, 9.17) is 0 Å². The number of hydrogen-bond acceptors (Lipinski definition) is 2. The van der Waals surface area contributed by atoms with Gasteiger partial charge in [0.1, 0.15) is 0 Å². The van der Waals surface area contributed by atoms with Gasteiger partial charge in [0.25, 0.3) is 0 Å². The van der Waals surface area contributed by atoms with Crippen molar-refractivity contribution in [3.05, 3.63) is 36.7 Å². The lowest BCUT2D eigenvalue weighted by molar-refractivity contribution is 0.169. The van der Waals surface area contributed by atoms with Crippen molar-refractivity contribution in [2.24, 2.45) is 7.05 Å². The van der Waals surface area contributed by atoms with E-state index < -0.39 is 0 Å². The van der Waals surface area contributed by atoms with Gasteiger partial charge < -0.3 is 9.88 Å². The van der Waals surface area contributed by atoms with Gasteiger partial charge in [-0.2, -0.15) is 0 Å². The van der Waals surface area contributed by atoms with E-state index in [-0.39, 0.29) is 0 Å². The van der Waals surface area contributed by atoms with Crippen LogP contribution < -0.4 is 5.32 Å². The van der Waals surface area contributed by atoms with Gasteiger partial charge in [0.15, 0.2) is 0 Å². The van der Waals surface area contributed by atoms with E-state index in [1.807, 2.05) is 6.08 Å². The summed E-state index contributed by atoms with van der Waals surface area (Å²) in [4.78, 5) is 2.55. The summed E-state index contributed by atoms with van der Waals surface area (Å²) in [5.41, 5.74) is 1.39. The molecule has 3 nitrogen and oxygen atoms in total. The van der Waals surface area contributed by atoms with E-state index in [9.17, 15) is 0 Å². The second-order valence-corrected chi connectivity index (χ2v) is 4.37. The fourth-order valence-electron chi connectivity index (χ4n) is 2.43. The van der Waals surface area contributed by atoms with Crippen molar-refractivity contribution in [1.29, 1.82) is 0 Å². The van der Waals surface area contributed by atoms with Gasteiger partial charge in [-0.3, -0.25) is 4.90 Å². The van der Waals surface area contributed by atoms with Crippen LogP contribution in [0.3, 0.4) is 0 Å². The highest BCUT2D eigenvalue weighted by Crippen LogP contribution is 2.24. The fraction of sp³-hybridized carbons (Fsp3) is 0.538. The Labute approximate surface area is 97.7 Å². The highest BCUT2D eigenvalue weighted by Gasteiger charge is 2.22. The second-order valence-electron chi connectivity index (χ2n) is 4.37. The smallest absolute Gasteiger partial charge is 0.0535 e. The van der Waals surface area contributed by atoms with Crippen LogP contribution in [0.5, 0.6) is 0 Å². The number of rotatable bonds is 4. The van der Waals surface area contributed by atoms with Crippen LogP contribution in [0.25, 0.3) is 0 Å². The zero-order chi connectivity index (χ0) is 11.4. The van der Waals surface area contributed by atoms with Crippen LogP contribution >= 0.6 is 0 Å². The Kier molecular flexibility index (Phi) is 3.80. The molecule has 2 rings (SSSR count). The molecule has 0 aliphatic carbocycles. The molecule has 0 amide bonds. The summed E-state index contributed by atoms with van der Waals surface area (Å²) in [6, 6.07) is 4.82. The zero-order valence-electron chi connectivity index (χ0n) is 10.0. The lowest BCUT2D eigenvalue weighted by Gasteiger charge is -2.34. The lowest BCUT2D eigenvalue weighted by Crippen LogP contribution is -2.45. The molecular weight excluding hydrogens is 198 g/mol. The van der Waals surface area contributed by atoms with Crippen LogP contribution in [0.2, 0.25) is 0 Å². The van der Waals surface area contributed by atoms with Crippen LogP contribution in [0.4, 0.5) is 0 Å². The first-order valence-electron chi connectivity index (χ1n) is 6.00. The van der Waals surface area contributed by atoms with E-state index in [1.54, 1.807) is 0 Å². The van der Waals surface area contributed by atoms with E-state index >= 15 is 0 Å². The number of aromatic nitrogens is 1. The van der Waals surface area contributed by atoms with E-state index in [0.29, 0.717) is 6.04 Å². The molecule has 3 heteroatoms. The molecule has 0 aromatic carbocycles. The normalized spacial score (nSPS) is 19.6. The predicted molar refractivity (Wildman–Crippen MR) is 67.4 cm³/mol. The van der Waals surface area contributed by atoms with Crippen molar-refractivity contribution in [3.63, 3.8) is 0 Å². The molecular formula is C13H21N3. The average Bonchev–Trinajstić information content (AvgIpc) is 2.73. The number of nitrogens with zero attached hydrogens (tertiary/aromatic N) is 2. The Hall–Kier alpha value is -1.06. The molecule has 88 valence electrons. The van der Waals surface area contributed by atoms with Crippen LogP contribution in [0.1, 0.15) is 18.2 Å². The molecule has 1 atom stereocenters. The fourth-order valence-corrected chi connectivity index (χ4v) is 2.43. The van der Waals surface area contributed by atoms with Crippen LogP contribution in [0, 0.1) is 0 Å². The average molecular weight is 219 g/mol. The maximum Gasteiger partial charge on any atom is 0.0535 e. The molecule has 1 N–H and O–H groups in total. The van der Waals surface area contributed by atoms with Gasteiger partial charge in [-0.25, -0.2) is 0 Å². The zero-order valence-corrected chi connectivity index (χ0v) is 10.0. The van der Waals surface area contributed by atoms with Crippen LogP contribution in [-0.2, 0) is 7.05 Å². The number of hydrogen-bond donors (Lipinski definition) is 1. The molecule has 0 spiro atoms. The van der Waals surface area contributed by atoms with Gasteiger partial charge in [-0.15, -0.1) is 6.58 Å². The van der Waals surface area contributed by atoms with Gasteiger partial charge in [-0.1, -0.05) is 6.08 Å². The highest BCUT2D eigenvalue weighted by atomic mass is 15.2. The Morgan fingerprint density at radius 1 is 1.50 bits per heavy atom. The molecule has 0 unspecified atom stereocenters. The molecule has 1 aromatic rings. The van der Waals surface area contributed by atoms with Crippen molar-refractivity contribution in [1.82, 2.24) is 14.8 Å². The lowest BCUT2D eigenvalue weighted by atomic mass is 10.1. The number of aryl methyl sites for hydroxylation is 1. The second kappa shape index (κ2) is 5.32. The largest absolute Gasteiger partial charge is 0.353 e. The van der Waals surface area contributed by atoms with Crippen molar-refractivity contribution in [3.8, 4) is 0 Å². The molecule has 2 heterocycles. The number of nitrogens with one attached hydrogen (secondary N) is 1. The van der Waals surface area contributed by atoms with Gasteiger partial charge in [-0.05, 0) is 18.6 Å².